The Kier molecular flexibility index (Phi) is 2.54. The van der Waals surface area contributed by atoms with Crippen molar-refractivity contribution in [1.29, 1.82) is 0 Å². The molecule has 2 N–H and O–H groups in total. The van der Waals surface area contributed by atoms with Crippen molar-refractivity contribution in [1.82, 2.24) is 0 Å². The molecule has 3 nitrogen and oxygen atoms in total. The largest absolute Gasteiger partial charge is 0.464 e. The first-order valence-electron chi connectivity index (χ1n) is 5.81. The molecular formula is C14H14BrNO2. The van der Waals surface area contributed by atoms with Gasteiger partial charge in [0.2, 0.25) is 0 Å². The van der Waals surface area contributed by atoms with E-state index < -0.39 is 0 Å². The van der Waals surface area contributed by atoms with Gasteiger partial charge in [-0.25, -0.2) is 0 Å². The minimum absolute atomic E-state index is 0.294. The van der Waals surface area contributed by atoms with Gasteiger partial charge in [-0.1, -0.05) is 0 Å². The maximum absolute atomic E-state index is 6.14. The highest BCUT2D eigenvalue weighted by molar-refractivity contribution is 9.10. The van der Waals surface area contributed by atoms with Crippen molar-refractivity contribution >= 4 is 37.9 Å². The Balaban J connectivity index is 2.40. The standard InChI is InChI=1S/C14H14BrNO2/c1-14(2,16)7-10-8-3-5-18-13(8)11(15)9-4-6-17-12(9)10/h3-6H,7,16H2,1-2H3. The smallest absolute Gasteiger partial charge is 0.149 e. The van der Waals surface area contributed by atoms with Crippen molar-refractivity contribution in [3.8, 4) is 0 Å². The van der Waals surface area contributed by atoms with Crippen molar-refractivity contribution < 1.29 is 8.83 Å². The van der Waals surface area contributed by atoms with E-state index in [1.165, 1.54) is 0 Å². The number of fused-ring (bicyclic) bond motifs is 2. The molecule has 0 unspecified atom stereocenters. The van der Waals surface area contributed by atoms with Crippen LogP contribution in [0.1, 0.15) is 19.4 Å². The third-order valence-corrected chi connectivity index (χ3v) is 3.79. The van der Waals surface area contributed by atoms with Crippen molar-refractivity contribution in [2.75, 3.05) is 0 Å². The SMILES string of the molecule is CC(C)(N)Cc1c2ccoc2c(Br)c2ccoc12. The molecule has 2 aromatic heterocycles. The molecule has 4 heteroatoms. The van der Waals surface area contributed by atoms with Crippen molar-refractivity contribution in [2.45, 2.75) is 25.8 Å². The van der Waals surface area contributed by atoms with E-state index in [0.717, 1.165) is 38.4 Å². The maximum atomic E-state index is 6.14. The normalized spacial score (nSPS) is 12.7. The van der Waals surface area contributed by atoms with Gasteiger partial charge >= 0.3 is 0 Å². The van der Waals surface area contributed by atoms with Crippen molar-refractivity contribution in [3.63, 3.8) is 0 Å². The molecule has 0 aliphatic carbocycles. The summed E-state index contributed by atoms with van der Waals surface area (Å²) in [5.74, 6) is 0. The highest BCUT2D eigenvalue weighted by Crippen LogP contribution is 2.38. The van der Waals surface area contributed by atoms with Crippen LogP contribution in [0.5, 0.6) is 0 Å². The van der Waals surface area contributed by atoms with Crippen LogP contribution < -0.4 is 5.73 Å². The summed E-state index contributed by atoms with van der Waals surface area (Å²) >= 11 is 3.57. The van der Waals surface area contributed by atoms with Crippen LogP contribution in [0.25, 0.3) is 21.9 Å². The molecule has 0 aliphatic heterocycles. The van der Waals surface area contributed by atoms with Gasteiger partial charge in [0.05, 0.1) is 17.0 Å². The van der Waals surface area contributed by atoms with Crippen LogP contribution in [0, 0.1) is 0 Å². The van der Waals surface area contributed by atoms with Crippen LogP contribution in [-0.2, 0) is 6.42 Å². The molecule has 2 heterocycles. The number of furan rings is 2. The monoisotopic (exact) mass is 307 g/mol. The van der Waals surface area contributed by atoms with E-state index in [-0.39, 0.29) is 5.54 Å². The lowest BCUT2D eigenvalue weighted by Crippen LogP contribution is -2.34. The Labute approximate surface area is 113 Å². The second kappa shape index (κ2) is 3.87. The molecule has 0 amide bonds. The average Bonchev–Trinajstić information content (AvgIpc) is 2.91. The van der Waals surface area contributed by atoms with Gasteiger partial charge in [-0.15, -0.1) is 0 Å². The Hall–Kier alpha value is -1.26. The highest BCUT2D eigenvalue weighted by Gasteiger charge is 2.21. The molecule has 0 saturated carbocycles. The summed E-state index contributed by atoms with van der Waals surface area (Å²) in [7, 11) is 0. The number of hydrogen-bond donors (Lipinski definition) is 1. The molecular weight excluding hydrogens is 294 g/mol. The second-order valence-corrected chi connectivity index (χ2v) is 6.08. The van der Waals surface area contributed by atoms with Gasteiger partial charge in [-0.05, 0) is 48.3 Å². The topological polar surface area (TPSA) is 52.3 Å². The van der Waals surface area contributed by atoms with Crippen LogP contribution in [0.3, 0.4) is 0 Å². The molecule has 18 heavy (non-hydrogen) atoms. The van der Waals surface area contributed by atoms with E-state index in [9.17, 15) is 0 Å². The van der Waals surface area contributed by atoms with Gasteiger partial charge in [0, 0.05) is 21.9 Å². The van der Waals surface area contributed by atoms with Crippen LogP contribution in [0.2, 0.25) is 0 Å². The van der Waals surface area contributed by atoms with Crippen LogP contribution >= 0.6 is 15.9 Å². The van der Waals surface area contributed by atoms with Gasteiger partial charge < -0.3 is 14.6 Å². The lowest BCUT2D eigenvalue weighted by molar-refractivity contribution is 0.513. The summed E-state index contributed by atoms with van der Waals surface area (Å²) in [6, 6.07) is 3.90. The summed E-state index contributed by atoms with van der Waals surface area (Å²) in [6.45, 7) is 4.02. The number of halogens is 1. The van der Waals surface area contributed by atoms with Gasteiger partial charge in [-0.3, -0.25) is 0 Å². The van der Waals surface area contributed by atoms with Gasteiger partial charge in [0.1, 0.15) is 11.2 Å². The third-order valence-electron chi connectivity index (χ3n) is 3.00. The Morgan fingerprint density at radius 2 is 1.72 bits per heavy atom. The van der Waals surface area contributed by atoms with E-state index in [1.54, 1.807) is 12.5 Å². The molecule has 94 valence electrons. The minimum atomic E-state index is -0.294. The van der Waals surface area contributed by atoms with E-state index in [2.05, 4.69) is 15.9 Å². The fraction of sp³-hybridized carbons (Fsp3) is 0.286. The molecule has 0 radical (unpaired) electrons. The number of rotatable bonds is 2. The van der Waals surface area contributed by atoms with E-state index >= 15 is 0 Å². The number of benzene rings is 1. The predicted molar refractivity (Wildman–Crippen MR) is 75.7 cm³/mol. The number of nitrogens with two attached hydrogens (primary N) is 1. The lowest BCUT2D eigenvalue weighted by atomic mass is 9.93. The zero-order valence-corrected chi connectivity index (χ0v) is 11.9. The lowest BCUT2D eigenvalue weighted by Gasteiger charge is -2.19. The molecule has 0 bridgehead atoms. The van der Waals surface area contributed by atoms with Crippen LogP contribution in [0.15, 0.2) is 38.0 Å². The molecule has 0 spiro atoms. The summed E-state index contributed by atoms with van der Waals surface area (Å²) in [5.41, 5.74) is 8.69. The van der Waals surface area contributed by atoms with E-state index in [1.807, 2.05) is 26.0 Å². The third kappa shape index (κ3) is 1.76. The zero-order valence-electron chi connectivity index (χ0n) is 10.3. The molecule has 3 rings (SSSR count). The number of hydrogen-bond acceptors (Lipinski definition) is 3. The fourth-order valence-corrected chi connectivity index (χ4v) is 2.93. The molecule has 1 aromatic carbocycles. The van der Waals surface area contributed by atoms with E-state index in [0.29, 0.717) is 0 Å². The first-order chi connectivity index (χ1) is 8.47. The zero-order chi connectivity index (χ0) is 12.9. The van der Waals surface area contributed by atoms with Crippen molar-refractivity contribution in [2.24, 2.45) is 5.73 Å². The summed E-state index contributed by atoms with van der Waals surface area (Å²) < 4.78 is 12.1. The molecule has 0 fully saturated rings. The van der Waals surface area contributed by atoms with Crippen LogP contribution in [0.4, 0.5) is 0 Å². The fourth-order valence-electron chi connectivity index (χ4n) is 2.31. The first-order valence-corrected chi connectivity index (χ1v) is 6.60. The Bertz CT molecular complexity index is 667. The summed E-state index contributed by atoms with van der Waals surface area (Å²) in [6.07, 6.45) is 4.13. The summed E-state index contributed by atoms with van der Waals surface area (Å²) in [5, 5.41) is 2.08. The highest BCUT2D eigenvalue weighted by atomic mass is 79.9. The van der Waals surface area contributed by atoms with E-state index in [4.69, 9.17) is 14.6 Å². The maximum Gasteiger partial charge on any atom is 0.149 e. The van der Waals surface area contributed by atoms with Crippen molar-refractivity contribution in [3.05, 3.63) is 34.7 Å². The van der Waals surface area contributed by atoms with Gasteiger partial charge in [0.25, 0.3) is 0 Å². The molecule has 0 aliphatic rings. The van der Waals surface area contributed by atoms with Gasteiger partial charge in [-0.2, -0.15) is 0 Å². The quantitative estimate of drug-likeness (QED) is 0.771. The van der Waals surface area contributed by atoms with Gasteiger partial charge in [0.15, 0.2) is 0 Å². The first kappa shape index (κ1) is 11.8. The average molecular weight is 308 g/mol. The second-order valence-electron chi connectivity index (χ2n) is 5.28. The Morgan fingerprint density at radius 1 is 1.11 bits per heavy atom. The summed E-state index contributed by atoms with van der Waals surface area (Å²) in [4.78, 5) is 0. The molecule has 0 atom stereocenters. The van der Waals surface area contributed by atoms with Crippen LogP contribution in [-0.4, -0.2) is 5.54 Å². The minimum Gasteiger partial charge on any atom is -0.464 e. The Morgan fingerprint density at radius 3 is 2.39 bits per heavy atom. The molecule has 0 saturated heterocycles. The predicted octanol–water partition coefficient (Wildman–Crippen LogP) is 4.22. The molecule has 3 aromatic rings.